The summed E-state index contributed by atoms with van der Waals surface area (Å²) >= 11 is 0. The summed E-state index contributed by atoms with van der Waals surface area (Å²) in [7, 11) is 0. The average Bonchev–Trinajstić information content (AvgIpc) is 2.65. The molecular formula is C8H11N3O3. The quantitative estimate of drug-likeness (QED) is 0.466. The van der Waals surface area contributed by atoms with Gasteiger partial charge >= 0.3 is 5.97 Å². The lowest BCUT2D eigenvalue weighted by Crippen LogP contribution is -2.45. The number of nitrogens with one attached hydrogen (secondary N) is 2. The van der Waals surface area contributed by atoms with Gasteiger partial charge in [0.2, 0.25) is 5.91 Å². The van der Waals surface area contributed by atoms with Crippen LogP contribution in [0.3, 0.4) is 0 Å². The molecule has 0 radical (unpaired) electrons. The van der Waals surface area contributed by atoms with E-state index in [4.69, 9.17) is 10.8 Å². The van der Waals surface area contributed by atoms with Crippen LogP contribution >= 0.6 is 0 Å². The maximum absolute atomic E-state index is 11.0. The Kier molecular flexibility index (Phi) is 3.24. The molecule has 0 bridgehead atoms. The molecule has 1 amide bonds. The van der Waals surface area contributed by atoms with Gasteiger partial charge in [-0.15, -0.1) is 0 Å². The van der Waals surface area contributed by atoms with Crippen molar-refractivity contribution >= 4 is 11.9 Å². The Bertz CT molecular complexity index is 321. The minimum absolute atomic E-state index is 0.243. The molecule has 0 saturated carbocycles. The molecular weight excluding hydrogens is 186 g/mol. The first-order valence-electron chi connectivity index (χ1n) is 3.99. The fraction of sp³-hybridized carbons (Fsp3) is 0.250. The highest BCUT2D eigenvalue weighted by Gasteiger charge is 2.20. The van der Waals surface area contributed by atoms with Crippen LogP contribution < -0.4 is 11.1 Å². The highest BCUT2D eigenvalue weighted by atomic mass is 16.4. The topological polar surface area (TPSA) is 108 Å². The van der Waals surface area contributed by atoms with Gasteiger partial charge in [0, 0.05) is 11.9 Å². The summed E-state index contributed by atoms with van der Waals surface area (Å²) in [5, 5.41) is 10.8. The molecule has 1 rings (SSSR count). The zero-order valence-corrected chi connectivity index (χ0v) is 7.36. The molecule has 1 heterocycles. The Morgan fingerprint density at radius 2 is 2.36 bits per heavy atom. The molecule has 1 unspecified atom stereocenters. The predicted molar refractivity (Wildman–Crippen MR) is 48.3 cm³/mol. The Morgan fingerprint density at radius 1 is 1.64 bits per heavy atom. The number of aromatic amines is 1. The number of nitrogens with two attached hydrogens (primary N) is 1. The Hall–Kier alpha value is -1.82. The van der Waals surface area contributed by atoms with E-state index in [1.807, 2.05) is 0 Å². The molecule has 76 valence electrons. The van der Waals surface area contributed by atoms with E-state index in [0.29, 0.717) is 0 Å². The monoisotopic (exact) mass is 197 g/mol. The van der Waals surface area contributed by atoms with Crippen LogP contribution in [0.15, 0.2) is 18.3 Å². The minimum Gasteiger partial charge on any atom is -0.480 e. The largest absolute Gasteiger partial charge is 0.480 e. The van der Waals surface area contributed by atoms with Crippen molar-refractivity contribution in [2.45, 2.75) is 12.6 Å². The molecule has 0 aliphatic heterocycles. The van der Waals surface area contributed by atoms with E-state index < -0.39 is 17.9 Å². The van der Waals surface area contributed by atoms with Crippen LogP contribution in [0.1, 0.15) is 5.69 Å². The van der Waals surface area contributed by atoms with E-state index in [2.05, 4.69) is 10.3 Å². The molecule has 0 saturated heterocycles. The maximum Gasteiger partial charge on any atom is 0.330 e. The van der Waals surface area contributed by atoms with E-state index in [0.717, 1.165) is 5.69 Å². The van der Waals surface area contributed by atoms with Crippen molar-refractivity contribution in [3.63, 3.8) is 0 Å². The number of aromatic nitrogens is 1. The molecule has 0 aromatic carbocycles. The first kappa shape index (κ1) is 10.3. The lowest BCUT2D eigenvalue weighted by molar-refractivity contribution is -0.142. The Balaban J connectivity index is 2.39. The van der Waals surface area contributed by atoms with E-state index in [9.17, 15) is 9.59 Å². The Morgan fingerprint density at radius 3 is 2.86 bits per heavy atom. The number of carbonyl (C=O) groups is 2. The number of aliphatic carboxylic acids is 1. The molecule has 0 aliphatic carbocycles. The van der Waals surface area contributed by atoms with Crippen molar-refractivity contribution < 1.29 is 14.7 Å². The van der Waals surface area contributed by atoms with Crippen molar-refractivity contribution in [2.24, 2.45) is 5.73 Å². The summed E-state index contributed by atoms with van der Waals surface area (Å²) < 4.78 is 0. The van der Waals surface area contributed by atoms with Crippen LogP contribution in [0.2, 0.25) is 0 Å². The molecule has 14 heavy (non-hydrogen) atoms. The first-order chi connectivity index (χ1) is 6.61. The molecule has 0 aliphatic rings. The molecule has 1 aromatic rings. The molecule has 6 heteroatoms. The number of carboxylic acid groups (broad SMARTS) is 1. The van der Waals surface area contributed by atoms with Gasteiger partial charge in [-0.2, -0.15) is 0 Å². The highest BCUT2D eigenvalue weighted by Crippen LogP contribution is 1.93. The molecule has 1 aromatic heterocycles. The van der Waals surface area contributed by atoms with Crippen LogP contribution in [0.25, 0.3) is 0 Å². The second kappa shape index (κ2) is 4.43. The first-order valence-corrected chi connectivity index (χ1v) is 3.99. The van der Waals surface area contributed by atoms with Crippen LogP contribution in [0.4, 0.5) is 0 Å². The van der Waals surface area contributed by atoms with Crippen molar-refractivity contribution in [2.75, 3.05) is 0 Å². The fourth-order valence-electron chi connectivity index (χ4n) is 0.882. The van der Waals surface area contributed by atoms with Gasteiger partial charge in [0.1, 0.15) is 0 Å². The minimum atomic E-state index is -1.51. The van der Waals surface area contributed by atoms with Crippen LogP contribution in [-0.2, 0) is 16.1 Å². The SMILES string of the molecule is NC(C(=O)O)C(=O)NCc1ccc[nH]1. The van der Waals surface area contributed by atoms with E-state index >= 15 is 0 Å². The smallest absolute Gasteiger partial charge is 0.330 e. The van der Waals surface area contributed by atoms with Crippen molar-refractivity contribution in [1.82, 2.24) is 10.3 Å². The number of amides is 1. The number of carbonyl (C=O) groups excluding carboxylic acids is 1. The van der Waals surface area contributed by atoms with Gasteiger partial charge in [-0.3, -0.25) is 4.79 Å². The third kappa shape index (κ3) is 2.60. The summed E-state index contributed by atoms with van der Waals surface area (Å²) in [6.07, 6.45) is 1.71. The predicted octanol–water partition coefficient (Wildman–Crippen LogP) is -0.957. The molecule has 1 atom stereocenters. The van der Waals surface area contributed by atoms with Crippen LogP contribution in [-0.4, -0.2) is 28.0 Å². The Labute approximate surface area is 80.1 Å². The summed E-state index contributed by atoms with van der Waals surface area (Å²) in [6.45, 7) is 0.243. The number of rotatable bonds is 4. The van der Waals surface area contributed by atoms with Crippen molar-refractivity contribution in [1.29, 1.82) is 0 Å². The van der Waals surface area contributed by atoms with E-state index in [-0.39, 0.29) is 6.54 Å². The lowest BCUT2D eigenvalue weighted by atomic mass is 10.3. The summed E-state index contributed by atoms with van der Waals surface area (Å²) in [6, 6.07) is 2.04. The summed E-state index contributed by atoms with van der Waals surface area (Å²) in [5.74, 6) is -2.04. The molecule has 0 spiro atoms. The van der Waals surface area contributed by atoms with Gasteiger partial charge in [0.25, 0.3) is 0 Å². The third-order valence-corrected chi connectivity index (χ3v) is 1.66. The second-order valence-corrected chi connectivity index (χ2v) is 2.73. The highest BCUT2D eigenvalue weighted by molar-refractivity contribution is 6.00. The zero-order valence-electron chi connectivity index (χ0n) is 7.36. The normalized spacial score (nSPS) is 12.1. The third-order valence-electron chi connectivity index (χ3n) is 1.66. The lowest BCUT2D eigenvalue weighted by Gasteiger charge is -2.06. The summed E-state index contributed by atoms with van der Waals surface area (Å²) in [4.78, 5) is 24.2. The maximum atomic E-state index is 11.0. The number of carboxylic acids is 1. The van der Waals surface area contributed by atoms with Gasteiger partial charge in [-0.05, 0) is 12.1 Å². The molecule has 5 N–H and O–H groups in total. The number of hydrogen-bond acceptors (Lipinski definition) is 3. The molecule has 6 nitrogen and oxygen atoms in total. The molecule has 0 fully saturated rings. The van der Waals surface area contributed by atoms with Crippen molar-refractivity contribution in [3.8, 4) is 0 Å². The van der Waals surface area contributed by atoms with Gasteiger partial charge in [-0.25, -0.2) is 4.79 Å². The van der Waals surface area contributed by atoms with Gasteiger partial charge in [0.15, 0.2) is 6.04 Å². The van der Waals surface area contributed by atoms with Gasteiger partial charge in [-0.1, -0.05) is 0 Å². The summed E-state index contributed by atoms with van der Waals surface area (Å²) in [5.41, 5.74) is 5.87. The fourth-order valence-corrected chi connectivity index (χ4v) is 0.882. The second-order valence-electron chi connectivity index (χ2n) is 2.73. The van der Waals surface area contributed by atoms with Crippen LogP contribution in [0.5, 0.6) is 0 Å². The van der Waals surface area contributed by atoms with Gasteiger partial charge < -0.3 is 21.1 Å². The van der Waals surface area contributed by atoms with E-state index in [1.54, 1.807) is 18.3 Å². The number of H-pyrrole nitrogens is 1. The average molecular weight is 197 g/mol. The van der Waals surface area contributed by atoms with Crippen LogP contribution in [0, 0.1) is 0 Å². The zero-order chi connectivity index (χ0) is 10.6. The van der Waals surface area contributed by atoms with Crippen molar-refractivity contribution in [3.05, 3.63) is 24.0 Å². The number of hydrogen-bond donors (Lipinski definition) is 4. The standard InChI is InChI=1S/C8H11N3O3/c9-6(8(13)14)7(12)11-4-5-2-1-3-10-5/h1-3,6,10H,4,9H2,(H,11,12)(H,13,14). The van der Waals surface area contributed by atoms with E-state index in [1.165, 1.54) is 0 Å². The van der Waals surface area contributed by atoms with Gasteiger partial charge in [0.05, 0.1) is 6.54 Å².